The molecule has 0 unspecified atom stereocenters. The molecule has 0 aliphatic carbocycles. The molecule has 0 saturated carbocycles. The van der Waals surface area contributed by atoms with Gasteiger partial charge in [0.2, 0.25) is 0 Å². The van der Waals surface area contributed by atoms with E-state index in [1.165, 1.54) is 5.30 Å². The lowest BCUT2D eigenvalue weighted by Crippen LogP contribution is -2.41. The Morgan fingerprint density at radius 2 is 1.37 bits per heavy atom. The van der Waals surface area contributed by atoms with Gasteiger partial charge < -0.3 is 9.31 Å². The maximum absolute atomic E-state index is 6.05. The molecular formula is C15H24BO2P. The average molecular weight is 278 g/mol. The number of hydrogen-bond donors (Lipinski definition) is 0. The van der Waals surface area contributed by atoms with E-state index in [-0.39, 0.29) is 18.3 Å². The van der Waals surface area contributed by atoms with Gasteiger partial charge in [0.15, 0.2) is 0 Å². The van der Waals surface area contributed by atoms with E-state index in [4.69, 9.17) is 9.31 Å². The maximum atomic E-state index is 6.05. The smallest absolute Gasteiger partial charge is 0.399 e. The molecule has 1 aliphatic heterocycles. The molecule has 2 nitrogen and oxygen atoms in total. The molecule has 1 heterocycles. The van der Waals surface area contributed by atoms with Gasteiger partial charge in [-0.1, -0.05) is 37.5 Å². The highest BCUT2D eigenvalue weighted by Gasteiger charge is 2.51. The Bertz CT molecular complexity index is 497. The monoisotopic (exact) mass is 278 g/mol. The van der Waals surface area contributed by atoms with Crippen molar-refractivity contribution < 1.29 is 9.31 Å². The minimum atomic E-state index is -1.20. The fraction of sp³-hybridized carbons (Fsp3) is 0.533. The molecule has 1 aromatic carbocycles. The van der Waals surface area contributed by atoms with Crippen LogP contribution in [0.2, 0.25) is 0 Å². The molecule has 0 aromatic heterocycles. The molecule has 2 rings (SSSR count). The molecule has 0 spiro atoms. The van der Waals surface area contributed by atoms with E-state index in [9.17, 15) is 0 Å². The highest BCUT2D eigenvalue weighted by atomic mass is 31.2. The summed E-state index contributed by atoms with van der Waals surface area (Å²) in [4.78, 5) is 0. The van der Waals surface area contributed by atoms with Crippen LogP contribution in [0.3, 0.4) is 0 Å². The van der Waals surface area contributed by atoms with Crippen LogP contribution in [-0.4, -0.2) is 37.9 Å². The molecule has 104 valence electrons. The number of rotatable bonds is 2. The van der Waals surface area contributed by atoms with E-state index in [1.807, 2.05) is 0 Å². The van der Waals surface area contributed by atoms with E-state index >= 15 is 0 Å². The molecule has 0 N–H and O–H groups in total. The molecule has 1 aliphatic rings. The second-order valence-corrected chi connectivity index (χ2v) is 10.8. The third kappa shape index (κ3) is 2.84. The van der Waals surface area contributed by atoms with Crippen LogP contribution in [0.1, 0.15) is 27.7 Å². The SMILES string of the molecule is C=P(C)(C)c1ccc(B2OC(C)(C)C(C)(C)O2)cc1. The van der Waals surface area contributed by atoms with Crippen molar-refractivity contribution in [1.29, 1.82) is 0 Å². The van der Waals surface area contributed by atoms with Crippen molar-refractivity contribution in [3.8, 4) is 0 Å². The molecule has 0 radical (unpaired) electrons. The Kier molecular flexibility index (Phi) is 3.54. The van der Waals surface area contributed by atoms with Gasteiger partial charge in [-0.05, 0) is 51.8 Å². The van der Waals surface area contributed by atoms with Gasteiger partial charge in [0, 0.05) is 0 Å². The Balaban J connectivity index is 2.24. The van der Waals surface area contributed by atoms with Crippen LogP contribution in [0, 0.1) is 0 Å². The molecule has 0 bridgehead atoms. The Morgan fingerprint density at radius 3 is 1.74 bits per heavy atom. The Labute approximate surface area is 117 Å². The largest absolute Gasteiger partial charge is 0.494 e. The van der Waals surface area contributed by atoms with Crippen LogP contribution in [0.4, 0.5) is 0 Å². The fourth-order valence-corrected chi connectivity index (χ4v) is 2.97. The van der Waals surface area contributed by atoms with Crippen LogP contribution >= 0.6 is 6.89 Å². The summed E-state index contributed by atoms with van der Waals surface area (Å²) in [5.41, 5.74) is 0.514. The summed E-state index contributed by atoms with van der Waals surface area (Å²) < 4.78 is 12.1. The first-order valence-electron chi connectivity index (χ1n) is 6.67. The second kappa shape index (κ2) is 4.51. The van der Waals surface area contributed by atoms with Crippen LogP contribution in [0.25, 0.3) is 0 Å². The van der Waals surface area contributed by atoms with Crippen LogP contribution in [0.5, 0.6) is 0 Å². The molecular weight excluding hydrogens is 254 g/mol. The Morgan fingerprint density at radius 1 is 0.947 bits per heavy atom. The minimum absolute atomic E-state index is 0.273. The highest BCUT2D eigenvalue weighted by molar-refractivity contribution is 7.79. The molecule has 0 amide bonds. The summed E-state index contributed by atoms with van der Waals surface area (Å²) in [7, 11) is -0.273. The standard InChI is InChI=1S/C15H24BO2P/c1-14(2)15(3,4)18-16(17-14)12-8-10-13(11-9-12)19(5,6)7/h8-11H,5H2,1-4,6-7H3. The lowest BCUT2D eigenvalue weighted by Gasteiger charge is -2.32. The van der Waals surface area contributed by atoms with Crippen molar-refractivity contribution in [2.75, 3.05) is 13.3 Å². The van der Waals surface area contributed by atoms with Gasteiger partial charge in [-0.15, -0.1) is 0 Å². The van der Waals surface area contributed by atoms with Gasteiger partial charge in [0.25, 0.3) is 0 Å². The van der Waals surface area contributed by atoms with Crippen molar-refractivity contribution in [2.24, 2.45) is 0 Å². The quantitative estimate of drug-likeness (QED) is 0.610. The lowest BCUT2D eigenvalue weighted by atomic mass is 9.79. The zero-order chi connectivity index (χ0) is 14.5. The van der Waals surface area contributed by atoms with Crippen molar-refractivity contribution >= 4 is 31.1 Å². The van der Waals surface area contributed by atoms with E-state index in [0.717, 1.165) is 5.46 Å². The van der Waals surface area contributed by atoms with E-state index in [2.05, 4.69) is 71.6 Å². The fourth-order valence-electron chi connectivity index (χ4n) is 2.01. The summed E-state index contributed by atoms with van der Waals surface area (Å²) in [5, 5.41) is 1.33. The summed E-state index contributed by atoms with van der Waals surface area (Å²) in [6.07, 6.45) is 4.26. The van der Waals surface area contributed by atoms with Gasteiger partial charge in [0.1, 0.15) is 0 Å². The second-order valence-electron chi connectivity index (χ2n) is 6.86. The van der Waals surface area contributed by atoms with Crippen molar-refractivity contribution in [3.63, 3.8) is 0 Å². The lowest BCUT2D eigenvalue weighted by molar-refractivity contribution is 0.00578. The normalized spacial score (nSPS) is 21.7. The molecule has 0 atom stereocenters. The minimum Gasteiger partial charge on any atom is -0.399 e. The summed E-state index contributed by atoms with van der Waals surface area (Å²) in [6, 6.07) is 8.51. The third-order valence-corrected chi connectivity index (χ3v) is 5.81. The summed E-state index contributed by atoms with van der Waals surface area (Å²) in [6.45, 7) is 11.5. The summed E-state index contributed by atoms with van der Waals surface area (Å²) in [5.74, 6) is 0. The van der Waals surface area contributed by atoms with Gasteiger partial charge in [-0.2, -0.15) is 0 Å². The van der Waals surface area contributed by atoms with Gasteiger partial charge in [-0.25, -0.2) is 0 Å². The molecule has 1 fully saturated rings. The number of hydrogen-bond acceptors (Lipinski definition) is 2. The van der Waals surface area contributed by atoms with Crippen molar-refractivity contribution in [1.82, 2.24) is 0 Å². The zero-order valence-corrected chi connectivity index (χ0v) is 13.8. The maximum Gasteiger partial charge on any atom is 0.494 e. The predicted octanol–water partition coefficient (Wildman–Crippen LogP) is 2.32. The Hall–Kier alpha value is -0.495. The molecule has 4 heteroatoms. The van der Waals surface area contributed by atoms with Gasteiger partial charge in [-0.3, -0.25) is 0 Å². The van der Waals surface area contributed by atoms with Crippen molar-refractivity contribution in [3.05, 3.63) is 24.3 Å². The molecule has 19 heavy (non-hydrogen) atoms. The number of benzene rings is 1. The summed E-state index contributed by atoms with van der Waals surface area (Å²) >= 11 is 0. The van der Waals surface area contributed by atoms with Crippen LogP contribution < -0.4 is 10.8 Å². The predicted molar refractivity (Wildman–Crippen MR) is 87.7 cm³/mol. The first kappa shape index (κ1) is 14.9. The zero-order valence-electron chi connectivity index (χ0n) is 12.9. The van der Waals surface area contributed by atoms with Gasteiger partial charge in [0.05, 0.1) is 11.2 Å². The van der Waals surface area contributed by atoms with E-state index in [1.54, 1.807) is 0 Å². The highest BCUT2D eigenvalue weighted by Crippen LogP contribution is 2.37. The van der Waals surface area contributed by atoms with Crippen LogP contribution in [0.15, 0.2) is 24.3 Å². The average Bonchev–Trinajstić information content (AvgIpc) is 2.47. The van der Waals surface area contributed by atoms with Gasteiger partial charge >= 0.3 is 7.12 Å². The van der Waals surface area contributed by atoms with E-state index < -0.39 is 6.89 Å². The van der Waals surface area contributed by atoms with E-state index in [0.29, 0.717) is 0 Å². The van der Waals surface area contributed by atoms with Crippen LogP contribution in [-0.2, 0) is 9.31 Å². The van der Waals surface area contributed by atoms with Crippen molar-refractivity contribution in [2.45, 2.75) is 38.9 Å². The third-order valence-electron chi connectivity index (χ3n) is 4.12. The molecule has 1 saturated heterocycles. The first-order valence-corrected chi connectivity index (χ1v) is 9.54. The first-order chi connectivity index (χ1) is 8.53. The topological polar surface area (TPSA) is 18.5 Å². The molecule has 1 aromatic rings.